The number of rotatable bonds is 5. The first-order valence-electron chi connectivity index (χ1n) is 5.02. The standard InChI is InChI=1S/C10H19NO3/c1-13-8-9(12)6-11-5-3-4-10(7-11)14-2/h10H,3-8H2,1-2H3. The van der Waals surface area contributed by atoms with Crippen LogP contribution in [0.1, 0.15) is 12.8 Å². The summed E-state index contributed by atoms with van der Waals surface area (Å²) < 4.78 is 10.1. The van der Waals surface area contributed by atoms with Crippen LogP contribution in [0.2, 0.25) is 0 Å². The van der Waals surface area contributed by atoms with Crippen molar-refractivity contribution in [1.29, 1.82) is 0 Å². The van der Waals surface area contributed by atoms with Crippen LogP contribution in [0.4, 0.5) is 0 Å². The maximum atomic E-state index is 11.3. The Morgan fingerprint density at radius 1 is 1.50 bits per heavy atom. The highest BCUT2D eigenvalue weighted by molar-refractivity contribution is 5.81. The number of hydrogen-bond donors (Lipinski definition) is 0. The van der Waals surface area contributed by atoms with E-state index in [1.807, 2.05) is 0 Å². The molecule has 1 unspecified atom stereocenters. The number of piperidine rings is 1. The van der Waals surface area contributed by atoms with E-state index in [1.165, 1.54) is 0 Å². The second-order valence-electron chi connectivity index (χ2n) is 3.71. The number of carbonyl (C=O) groups excluding carboxylic acids is 1. The smallest absolute Gasteiger partial charge is 0.172 e. The maximum absolute atomic E-state index is 11.3. The van der Waals surface area contributed by atoms with E-state index in [-0.39, 0.29) is 12.4 Å². The molecule has 1 saturated heterocycles. The third-order valence-electron chi connectivity index (χ3n) is 2.50. The van der Waals surface area contributed by atoms with Crippen molar-refractivity contribution in [2.75, 3.05) is 40.5 Å². The Labute approximate surface area is 85.2 Å². The van der Waals surface area contributed by atoms with Gasteiger partial charge < -0.3 is 9.47 Å². The Morgan fingerprint density at radius 2 is 2.29 bits per heavy atom. The zero-order chi connectivity index (χ0) is 10.4. The highest BCUT2D eigenvalue weighted by atomic mass is 16.5. The zero-order valence-electron chi connectivity index (χ0n) is 8.99. The molecule has 0 aromatic carbocycles. The quantitative estimate of drug-likeness (QED) is 0.642. The Bertz CT molecular complexity index is 184. The fraction of sp³-hybridized carbons (Fsp3) is 0.900. The van der Waals surface area contributed by atoms with Crippen LogP contribution in [0.3, 0.4) is 0 Å². The molecular weight excluding hydrogens is 182 g/mol. The molecule has 0 saturated carbocycles. The molecular formula is C10H19NO3. The normalized spacial score (nSPS) is 23.7. The van der Waals surface area contributed by atoms with Crippen LogP contribution in [0.5, 0.6) is 0 Å². The average molecular weight is 201 g/mol. The molecule has 1 aliphatic rings. The molecule has 0 aliphatic carbocycles. The minimum Gasteiger partial charge on any atom is -0.380 e. The van der Waals surface area contributed by atoms with E-state index in [4.69, 9.17) is 9.47 Å². The molecule has 14 heavy (non-hydrogen) atoms. The van der Waals surface area contributed by atoms with Gasteiger partial charge in [-0.1, -0.05) is 0 Å². The van der Waals surface area contributed by atoms with E-state index in [0.717, 1.165) is 25.9 Å². The van der Waals surface area contributed by atoms with E-state index in [9.17, 15) is 4.79 Å². The number of methoxy groups -OCH3 is 2. The molecule has 1 aliphatic heterocycles. The van der Waals surface area contributed by atoms with Crippen molar-refractivity contribution in [3.05, 3.63) is 0 Å². The van der Waals surface area contributed by atoms with Gasteiger partial charge in [0.25, 0.3) is 0 Å². The first kappa shape index (κ1) is 11.6. The highest BCUT2D eigenvalue weighted by Gasteiger charge is 2.20. The molecule has 0 spiro atoms. The van der Waals surface area contributed by atoms with Crippen molar-refractivity contribution in [2.24, 2.45) is 0 Å². The number of ketones is 1. The van der Waals surface area contributed by atoms with Crippen molar-refractivity contribution in [3.8, 4) is 0 Å². The van der Waals surface area contributed by atoms with Gasteiger partial charge >= 0.3 is 0 Å². The van der Waals surface area contributed by atoms with Crippen molar-refractivity contribution in [3.63, 3.8) is 0 Å². The molecule has 82 valence electrons. The van der Waals surface area contributed by atoms with E-state index in [2.05, 4.69) is 4.90 Å². The van der Waals surface area contributed by atoms with Crippen LogP contribution in [0.15, 0.2) is 0 Å². The summed E-state index contributed by atoms with van der Waals surface area (Å²) in [6, 6.07) is 0. The Morgan fingerprint density at radius 3 is 2.93 bits per heavy atom. The summed E-state index contributed by atoms with van der Waals surface area (Å²) in [5, 5.41) is 0. The maximum Gasteiger partial charge on any atom is 0.172 e. The van der Waals surface area contributed by atoms with E-state index < -0.39 is 0 Å². The van der Waals surface area contributed by atoms with Crippen molar-refractivity contribution >= 4 is 5.78 Å². The van der Waals surface area contributed by atoms with Crippen LogP contribution in [-0.4, -0.2) is 57.2 Å². The fourth-order valence-corrected chi connectivity index (χ4v) is 1.81. The van der Waals surface area contributed by atoms with Crippen LogP contribution in [0, 0.1) is 0 Å². The second-order valence-corrected chi connectivity index (χ2v) is 3.71. The van der Waals surface area contributed by atoms with Crippen LogP contribution < -0.4 is 0 Å². The van der Waals surface area contributed by atoms with Crippen LogP contribution in [0.25, 0.3) is 0 Å². The number of carbonyl (C=O) groups is 1. The van der Waals surface area contributed by atoms with Gasteiger partial charge in [0.05, 0.1) is 12.6 Å². The van der Waals surface area contributed by atoms with Gasteiger partial charge in [0.15, 0.2) is 5.78 Å². The summed E-state index contributed by atoms with van der Waals surface area (Å²) in [7, 11) is 3.28. The van der Waals surface area contributed by atoms with E-state index in [0.29, 0.717) is 12.6 Å². The number of likely N-dealkylation sites (tertiary alicyclic amines) is 1. The lowest BCUT2D eigenvalue weighted by molar-refractivity contribution is -0.124. The molecule has 1 atom stereocenters. The van der Waals surface area contributed by atoms with Gasteiger partial charge in [-0.15, -0.1) is 0 Å². The monoisotopic (exact) mass is 201 g/mol. The number of hydrogen-bond acceptors (Lipinski definition) is 4. The molecule has 0 N–H and O–H groups in total. The lowest BCUT2D eigenvalue weighted by Crippen LogP contribution is -2.42. The molecule has 0 bridgehead atoms. The lowest BCUT2D eigenvalue weighted by Gasteiger charge is -2.31. The summed E-state index contributed by atoms with van der Waals surface area (Å²) in [5.74, 6) is 0.143. The third-order valence-corrected chi connectivity index (χ3v) is 2.50. The number of nitrogens with zero attached hydrogens (tertiary/aromatic N) is 1. The van der Waals surface area contributed by atoms with E-state index >= 15 is 0 Å². The SMILES string of the molecule is COCC(=O)CN1CCCC(OC)C1. The molecule has 0 amide bonds. The minimum absolute atomic E-state index is 0.143. The molecule has 0 radical (unpaired) electrons. The first-order valence-corrected chi connectivity index (χ1v) is 5.02. The topological polar surface area (TPSA) is 38.8 Å². The van der Waals surface area contributed by atoms with Gasteiger partial charge in [-0.25, -0.2) is 0 Å². The van der Waals surface area contributed by atoms with Gasteiger partial charge in [0.2, 0.25) is 0 Å². The van der Waals surface area contributed by atoms with Gasteiger partial charge in [-0.3, -0.25) is 9.69 Å². The van der Waals surface area contributed by atoms with Crippen LogP contribution in [-0.2, 0) is 14.3 Å². The Hall–Kier alpha value is -0.450. The Balaban J connectivity index is 2.26. The van der Waals surface area contributed by atoms with Crippen molar-refractivity contribution < 1.29 is 14.3 Å². The van der Waals surface area contributed by atoms with Gasteiger partial charge in [-0.2, -0.15) is 0 Å². The first-order chi connectivity index (χ1) is 6.76. The summed E-state index contributed by atoms with van der Waals surface area (Å²) in [6.45, 7) is 2.57. The molecule has 0 aromatic rings. The number of ether oxygens (including phenoxy) is 2. The lowest BCUT2D eigenvalue weighted by atomic mass is 10.1. The predicted octanol–water partition coefficient (Wildman–Crippen LogP) is 0.313. The van der Waals surface area contributed by atoms with Crippen molar-refractivity contribution in [2.45, 2.75) is 18.9 Å². The van der Waals surface area contributed by atoms with E-state index in [1.54, 1.807) is 14.2 Å². The molecule has 4 heteroatoms. The van der Waals surface area contributed by atoms with Crippen LogP contribution >= 0.6 is 0 Å². The third kappa shape index (κ3) is 3.74. The summed E-state index contributed by atoms with van der Waals surface area (Å²) >= 11 is 0. The summed E-state index contributed by atoms with van der Waals surface area (Å²) in [6.07, 6.45) is 2.50. The molecule has 1 rings (SSSR count). The van der Waals surface area contributed by atoms with Gasteiger partial charge in [0.1, 0.15) is 6.61 Å². The second kappa shape index (κ2) is 6.11. The van der Waals surface area contributed by atoms with Gasteiger partial charge in [0, 0.05) is 20.8 Å². The largest absolute Gasteiger partial charge is 0.380 e. The number of Topliss-reactive ketones (excluding diaryl/α,β-unsaturated/α-hetero) is 1. The molecule has 1 fully saturated rings. The summed E-state index contributed by atoms with van der Waals surface area (Å²) in [5.41, 5.74) is 0. The molecule has 0 aromatic heterocycles. The van der Waals surface area contributed by atoms with Gasteiger partial charge in [-0.05, 0) is 19.4 Å². The average Bonchev–Trinajstić information content (AvgIpc) is 2.18. The summed E-state index contributed by atoms with van der Waals surface area (Å²) in [4.78, 5) is 13.4. The Kier molecular flexibility index (Phi) is 5.07. The molecule has 1 heterocycles. The fourth-order valence-electron chi connectivity index (χ4n) is 1.81. The highest BCUT2D eigenvalue weighted by Crippen LogP contribution is 2.11. The predicted molar refractivity (Wildman–Crippen MR) is 53.4 cm³/mol. The zero-order valence-corrected chi connectivity index (χ0v) is 8.99. The molecule has 4 nitrogen and oxygen atoms in total. The minimum atomic E-state index is 0.143. The van der Waals surface area contributed by atoms with Crippen molar-refractivity contribution in [1.82, 2.24) is 4.90 Å².